The van der Waals surface area contributed by atoms with Crippen LogP contribution in [0.15, 0.2) is 18.2 Å². The summed E-state index contributed by atoms with van der Waals surface area (Å²) in [6, 6.07) is 5.18. The molecule has 1 aromatic rings. The second kappa shape index (κ2) is 5.34. The Morgan fingerprint density at radius 1 is 1.60 bits per heavy atom. The Hall–Kier alpha value is -1.58. The van der Waals surface area contributed by atoms with E-state index < -0.39 is 11.9 Å². The highest BCUT2D eigenvalue weighted by molar-refractivity contribution is 5.75. The van der Waals surface area contributed by atoms with Crippen LogP contribution in [0.5, 0.6) is 5.88 Å². The number of aliphatic carboxylic acids is 1. The fourth-order valence-corrected chi connectivity index (χ4v) is 1.43. The number of carboxylic acid groups (broad SMARTS) is 1. The lowest BCUT2D eigenvalue weighted by Crippen LogP contribution is -2.13. The van der Waals surface area contributed by atoms with Crippen molar-refractivity contribution in [2.24, 2.45) is 0 Å². The quantitative estimate of drug-likeness (QED) is 0.806. The minimum absolute atomic E-state index is 0.454. The van der Waals surface area contributed by atoms with Crippen LogP contribution in [0.1, 0.15) is 31.4 Å². The molecule has 1 rings (SSSR count). The summed E-state index contributed by atoms with van der Waals surface area (Å²) in [6.07, 6.45) is 1.41. The Balaban J connectivity index is 2.94. The van der Waals surface area contributed by atoms with Crippen LogP contribution < -0.4 is 4.74 Å². The first-order chi connectivity index (χ1) is 7.19. The summed E-state index contributed by atoms with van der Waals surface area (Å²) in [5, 5.41) is 9.04. The maximum absolute atomic E-state index is 11.0. The highest BCUT2D eigenvalue weighted by Gasteiger charge is 2.20. The van der Waals surface area contributed by atoms with Gasteiger partial charge < -0.3 is 9.84 Å². The van der Waals surface area contributed by atoms with E-state index in [1.165, 1.54) is 7.11 Å². The number of carboxylic acids is 1. The zero-order valence-electron chi connectivity index (χ0n) is 8.93. The third kappa shape index (κ3) is 2.94. The van der Waals surface area contributed by atoms with Crippen LogP contribution in [-0.4, -0.2) is 23.2 Å². The topological polar surface area (TPSA) is 59.4 Å². The molecule has 82 valence electrons. The van der Waals surface area contributed by atoms with Crippen LogP contribution in [0.2, 0.25) is 0 Å². The molecule has 0 aliphatic heterocycles. The first kappa shape index (κ1) is 11.5. The lowest BCUT2D eigenvalue weighted by atomic mass is 9.99. The molecule has 15 heavy (non-hydrogen) atoms. The Morgan fingerprint density at radius 2 is 2.33 bits per heavy atom. The molecule has 1 unspecified atom stereocenters. The molecule has 4 heteroatoms. The summed E-state index contributed by atoms with van der Waals surface area (Å²) in [4.78, 5) is 15.1. The third-order valence-corrected chi connectivity index (χ3v) is 2.19. The van der Waals surface area contributed by atoms with Crippen molar-refractivity contribution in [3.63, 3.8) is 0 Å². The smallest absolute Gasteiger partial charge is 0.312 e. The van der Waals surface area contributed by atoms with Gasteiger partial charge in [0.15, 0.2) is 0 Å². The van der Waals surface area contributed by atoms with Gasteiger partial charge in [-0.2, -0.15) is 0 Å². The normalized spacial score (nSPS) is 12.1. The second-order valence-electron chi connectivity index (χ2n) is 3.28. The van der Waals surface area contributed by atoms with Crippen molar-refractivity contribution in [2.45, 2.75) is 25.7 Å². The van der Waals surface area contributed by atoms with Gasteiger partial charge in [-0.1, -0.05) is 19.4 Å². The molecule has 0 aliphatic carbocycles. The number of ether oxygens (including phenoxy) is 1. The minimum Gasteiger partial charge on any atom is -0.481 e. The zero-order chi connectivity index (χ0) is 11.3. The number of nitrogens with zero attached hydrogens (tertiary/aromatic N) is 1. The van der Waals surface area contributed by atoms with E-state index in [4.69, 9.17) is 9.84 Å². The van der Waals surface area contributed by atoms with E-state index in [0.29, 0.717) is 18.0 Å². The van der Waals surface area contributed by atoms with Gasteiger partial charge >= 0.3 is 5.97 Å². The number of rotatable bonds is 5. The van der Waals surface area contributed by atoms with Crippen LogP contribution in [-0.2, 0) is 4.79 Å². The van der Waals surface area contributed by atoms with Crippen molar-refractivity contribution in [1.29, 1.82) is 0 Å². The Labute approximate surface area is 88.9 Å². The van der Waals surface area contributed by atoms with Gasteiger partial charge in [0.2, 0.25) is 5.88 Å². The van der Waals surface area contributed by atoms with Crippen molar-refractivity contribution < 1.29 is 14.6 Å². The van der Waals surface area contributed by atoms with Crippen molar-refractivity contribution in [1.82, 2.24) is 4.98 Å². The fraction of sp³-hybridized carbons (Fsp3) is 0.455. The molecular weight excluding hydrogens is 194 g/mol. The number of pyridine rings is 1. The molecule has 1 aromatic heterocycles. The van der Waals surface area contributed by atoms with Crippen molar-refractivity contribution in [3.05, 3.63) is 23.9 Å². The molecule has 0 bridgehead atoms. The van der Waals surface area contributed by atoms with Crippen LogP contribution in [0.25, 0.3) is 0 Å². The van der Waals surface area contributed by atoms with E-state index in [2.05, 4.69) is 4.98 Å². The Bertz CT molecular complexity index is 338. The summed E-state index contributed by atoms with van der Waals surface area (Å²) in [5.74, 6) is -0.919. The maximum Gasteiger partial charge on any atom is 0.312 e. The lowest BCUT2D eigenvalue weighted by Gasteiger charge is -2.11. The standard InChI is InChI=1S/C11H15NO3/c1-3-5-8(11(13)14)9-6-4-7-10(12-9)15-2/h4,6-8H,3,5H2,1-2H3,(H,13,14). The van der Waals surface area contributed by atoms with E-state index in [-0.39, 0.29) is 0 Å². The Kier molecular flexibility index (Phi) is 4.09. The molecule has 0 spiro atoms. The first-order valence-corrected chi connectivity index (χ1v) is 4.92. The zero-order valence-corrected chi connectivity index (χ0v) is 8.93. The first-order valence-electron chi connectivity index (χ1n) is 4.92. The van der Waals surface area contributed by atoms with Crippen LogP contribution in [0.4, 0.5) is 0 Å². The second-order valence-corrected chi connectivity index (χ2v) is 3.28. The predicted molar refractivity (Wildman–Crippen MR) is 56.1 cm³/mol. The van der Waals surface area contributed by atoms with E-state index in [0.717, 1.165) is 6.42 Å². The van der Waals surface area contributed by atoms with E-state index >= 15 is 0 Å². The summed E-state index contributed by atoms with van der Waals surface area (Å²) >= 11 is 0. The SMILES string of the molecule is CCCC(C(=O)O)c1cccc(OC)n1. The summed E-state index contributed by atoms with van der Waals surface area (Å²) in [7, 11) is 1.52. The molecule has 4 nitrogen and oxygen atoms in total. The molecule has 0 saturated heterocycles. The van der Waals surface area contributed by atoms with Crippen molar-refractivity contribution in [3.8, 4) is 5.88 Å². The number of hydrogen-bond acceptors (Lipinski definition) is 3. The number of carbonyl (C=O) groups is 1. The average molecular weight is 209 g/mol. The average Bonchev–Trinajstić information content (AvgIpc) is 2.25. The predicted octanol–water partition coefficient (Wildman–Crippen LogP) is 2.06. The molecule has 1 heterocycles. The summed E-state index contributed by atoms with van der Waals surface area (Å²) < 4.78 is 4.96. The van der Waals surface area contributed by atoms with Gasteiger partial charge in [-0.05, 0) is 12.5 Å². The van der Waals surface area contributed by atoms with Gasteiger partial charge in [0.25, 0.3) is 0 Å². The monoisotopic (exact) mass is 209 g/mol. The highest BCUT2D eigenvalue weighted by Crippen LogP contribution is 2.21. The number of methoxy groups -OCH3 is 1. The molecular formula is C11H15NO3. The van der Waals surface area contributed by atoms with Crippen LogP contribution >= 0.6 is 0 Å². The summed E-state index contributed by atoms with van der Waals surface area (Å²) in [6.45, 7) is 1.95. The van der Waals surface area contributed by atoms with E-state index in [1.54, 1.807) is 18.2 Å². The molecule has 1 N–H and O–H groups in total. The van der Waals surface area contributed by atoms with Crippen LogP contribution in [0.3, 0.4) is 0 Å². The van der Waals surface area contributed by atoms with Gasteiger partial charge in [0.1, 0.15) is 0 Å². The third-order valence-electron chi connectivity index (χ3n) is 2.19. The molecule has 1 atom stereocenters. The molecule has 0 saturated carbocycles. The molecule has 0 aliphatic rings. The van der Waals surface area contributed by atoms with Gasteiger partial charge in [0.05, 0.1) is 18.7 Å². The largest absolute Gasteiger partial charge is 0.481 e. The molecule has 0 fully saturated rings. The number of aromatic nitrogens is 1. The fourth-order valence-electron chi connectivity index (χ4n) is 1.43. The van der Waals surface area contributed by atoms with Gasteiger partial charge in [0, 0.05) is 6.07 Å². The van der Waals surface area contributed by atoms with Gasteiger partial charge in [-0.25, -0.2) is 4.98 Å². The van der Waals surface area contributed by atoms with E-state index in [1.807, 2.05) is 6.92 Å². The Morgan fingerprint density at radius 3 is 2.87 bits per heavy atom. The minimum atomic E-state index is -0.836. The van der Waals surface area contributed by atoms with E-state index in [9.17, 15) is 4.79 Å². The van der Waals surface area contributed by atoms with Gasteiger partial charge in [-0.3, -0.25) is 4.79 Å². The van der Waals surface area contributed by atoms with Crippen LogP contribution in [0, 0.1) is 0 Å². The highest BCUT2D eigenvalue weighted by atomic mass is 16.5. The number of hydrogen-bond donors (Lipinski definition) is 1. The lowest BCUT2D eigenvalue weighted by molar-refractivity contribution is -0.139. The summed E-state index contributed by atoms with van der Waals surface area (Å²) in [5.41, 5.74) is 0.559. The molecule has 0 amide bonds. The van der Waals surface area contributed by atoms with Crippen molar-refractivity contribution >= 4 is 5.97 Å². The van der Waals surface area contributed by atoms with Gasteiger partial charge in [-0.15, -0.1) is 0 Å². The maximum atomic E-state index is 11.0. The molecule has 0 radical (unpaired) electrons. The molecule has 0 aromatic carbocycles. The van der Waals surface area contributed by atoms with Crippen molar-refractivity contribution in [2.75, 3.05) is 7.11 Å².